The maximum Gasteiger partial charge on any atom is 0.249 e. The Bertz CT molecular complexity index is 352. The fraction of sp³-hybridized carbons (Fsp3) is 0.364. The van der Waals surface area contributed by atoms with E-state index in [4.69, 9.17) is 11.5 Å². The number of carbonyl (C=O) groups is 1. The fourth-order valence-electron chi connectivity index (χ4n) is 1.19. The summed E-state index contributed by atoms with van der Waals surface area (Å²) in [7, 11) is 0. The number of primary amides is 1. The lowest BCUT2D eigenvalue weighted by atomic mass is 10.2. The van der Waals surface area contributed by atoms with Crippen LogP contribution in [0.1, 0.15) is 30.1 Å². The van der Waals surface area contributed by atoms with E-state index in [-0.39, 0.29) is 0 Å². The number of hydrogen-bond acceptors (Lipinski definition) is 3. The van der Waals surface area contributed by atoms with Crippen molar-refractivity contribution < 1.29 is 4.79 Å². The normalized spacial score (nSPS) is 10.2. The van der Waals surface area contributed by atoms with Crippen molar-refractivity contribution in [2.24, 2.45) is 5.73 Å². The van der Waals surface area contributed by atoms with E-state index in [0.29, 0.717) is 11.3 Å². The van der Waals surface area contributed by atoms with E-state index >= 15 is 0 Å². The van der Waals surface area contributed by atoms with Gasteiger partial charge in [0.05, 0.1) is 5.56 Å². The predicted molar refractivity (Wildman–Crippen MR) is 65.0 cm³/mol. The zero-order valence-corrected chi connectivity index (χ0v) is 9.64. The Morgan fingerprint density at radius 2 is 2.20 bits per heavy atom. The lowest BCUT2D eigenvalue weighted by Gasteiger charge is -2.06. The minimum Gasteiger partial charge on any atom is -0.399 e. The summed E-state index contributed by atoms with van der Waals surface area (Å²) < 4.78 is 0. The van der Waals surface area contributed by atoms with Crippen LogP contribution >= 0.6 is 11.8 Å². The number of amides is 1. The van der Waals surface area contributed by atoms with Gasteiger partial charge in [0, 0.05) is 10.6 Å². The van der Waals surface area contributed by atoms with Gasteiger partial charge in [-0.2, -0.15) is 0 Å². The molecule has 1 amide bonds. The predicted octanol–water partition coefficient (Wildman–Crippen LogP) is 2.26. The average Bonchev–Trinajstić information content (AvgIpc) is 2.20. The fourth-order valence-corrected chi connectivity index (χ4v) is 2.32. The lowest BCUT2D eigenvalue weighted by molar-refractivity contribution is 0.0997. The van der Waals surface area contributed by atoms with Gasteiger partial charge in [-0.05, 0) is 30.4 Å². The van der Waals surface area contributed by atoms with Crippen molar-refractivity contribution in [3.63, 3.8) is 0 Å². The minimum absolute atomic E-state index is 0.415. The summed E-state index contributed by atoms with van der Waals surface area (Å²) in [4.78, 5) is 12.1. The Balaban J connectivity index is 2.81. The molecule has 1 aromatic carbocycles. The van der Waals surface area contributed by atoms with Crippen molar-refractivity contribution in [3.8, 4) is 0 Å². The maximum atomic E-state index is 11.2. The molecule has 0 heterocycles. The van der Waals surface area contributed by atoms with Gasteiger partial charge in [-0.3, -0.25) is 4.79 Å². The van der Waals surface area contributed by atoms with Crippen LogP contribution in [0.15, 0.2) is 23.1 Å². The van der Waals surface area contributed by atoms with E-state index < -0.39 is 5.91 Å². The third-order valence-electron chi connectivity index (χ3n) is 2.02. The Kier molecular flexibility index (Phi) is 4.49. The number of carbonyl (C=O) groups excluding carboxylic acids is 1. The summed E-state index contributed by atoms with van der Waals surface area (Å²) in [6.07, 6.45) is 2.28. The van der Waals surface area contributed by atoms with Crippen LogP contribution in [0.4, 0.5) is 5.69 Å². The van der Waals surface area contributed by atoms with Crippen LogP contribution in [-0.4, -0.2) is 11.7 Å². The van der Waals surface area contributed by atoms with Crippen molar-refractivity contribution >= 4 is 23.4 Å². The van der Waals surface area contributed by atoms with Gasteiger partial charge in [-0.1, -0.05) is 13.3 Å². The zero-order chi connectivity index (χ0) is 11.3. The standard InChI is InChI=1S/C11H16N2OS/c1-2-3-6-15-10-5-4-8(12)7-9(10)11(13)14/h4-5,7H,2-3,6,12H2,1H3,(H2,13,14). The Morgan fingerprint density at radius 3 is 2.80 bits per heavy atom. The Hall–Kier alpha value is -1.16. The van der Waals surface area contributed by atoms with Crippen LogP contribution in [0.3, 0.4) is 0 Å². The largest absolute Gasteiger partial charge is 0.399 e. The van der Waals surface area contributed by atoms with Crippen molar-refractivity contribution in [1.29, 1.82) is 0 Å². The summed E-state index contributed by atoms with van der Waals surface area (Å²) >= 11 is 1.65. The number of benzene rings is 1. The molecule has 0 unspecified atom stereocenters. The number of hydrogen-bond donors (Lipinski definition) is 2. The molecule has 0 bridgehead atoms. The number of nitrogens with two attached hydrogens (primary N) is 2. The molecule has 0 saturated carbocycles. The van der Waals surface area contributed by atoms with E-state index in [1.807, 2.05) is 6.07 Å². The van der Waals surface area contributed by atoms with Crippen molar-refractivity contribution in [2.75, 3.05) is 11.5 Å². The second kappa shape index (κ2) is 5.66. The summed E-state index contributed by atoms with van der Waals surface area (Å²) in [5, 5.41) is 0. The molecule has 0 spiro atoms. The van der Waals surface area contributed by atoms with E-state index in [9.17, 15) is 4.79 Å². The number of thioether (sulfide) groups is 1. The van der Waals surface area contributed by atoms with Gasteiger partial charge in [-0.25, -0.2) is 0 Å². The molecule has 15 heavy (non-hydrogen) atoms. The first kappa shape index (κ1) is 11.9. The van der Waals surface area contributed by atoms with Crippen LogP contribution in [0.25, 0.3) is 0 Å². The molecule has 3 nitrogen and oxygen atoms in total. The van der Waals surface area contributed by atoms with E-state index in [1.54, 1.807) is 23.9 Å². The molecule has 0 aliphatic rings. The molecule has 1 rings (SSSR count). The van der Waals surface area contributed by atoms with Crippen molar-refractivity contribution in [2.45, 2.75) is 24.7 Å². The van der Waals surface area contributed by atoms with Gasteiger partial charge in [0.25, 0.3) is 0 Å². The van der Waals surface area contributed by atoms with Gasteiger partial charge in [-0.15, -0.1) is 11.8 Å². The van der Waals surface area contributed by atoms with Gasteiger partial charge in [0.1, 0.15) is 0 Å². The van der Waals surface area contributed by atoms with Crippen LogP contribution in [0, 0.1) is 0 Å². The molecule has 0 aromatic heterocycles. The number of nitrogen functional groups attached to an aromatic ring is 1. The third kappa shape index (κ3) is 3.47. The smallest absolute Gasteiger partial charge is 0.249 e. The molecule has 1 aromatic rings. The molecule has 0 fully saturated rings. The number of unbranched alkanes of at least 4 members (excludes halogenated alkanes) is 1. The van der Waals surface area contributed by atoms with Crippen LogP contribution in [0.2, 0.25) is 0 Å². The topological polar surface area (TPSA) is 69.1 Å². The van der Waals surface area contributed by atoms with Crippen molar-refractivity contribution in [1.82, 2.24) is 0 Å². The first-order valence-corrected chi connectivity index (χ1v) is 5.96. The second-order valence-electron chi connectivity index (χ2n) is 3.32. The monoisotopic (exact) mass is 224 g/mol. The Morgan fingerprint density at radius 1 is 1.47 bits per heavy atom. The van der Waals surface area contributed by atoms with E-state index in [1.165, 1.54) is 0 Å². The first-order valence-electron chi connectivity index (χ1n) is 4.97. The molecule has 0 saturated heterocycles. The molecular weight excluding hydrogens is 208 g/mol. The highest BCUT2D eigenvalue weighted by atomic mass is 32.2. The van der Waals surface area contributed by atoms with E-state index in [0.717, 1.165) is 23.5 Å². The van der Waals surface area contributed by atoms with Gasteiger partial charge >= 0.3 is 0 Å². The summed E-state index contributed by atoms with van der Waals surface area (Å²) in [5.74, 6) is 0.585. The highest BCUT2D eigenvalue weighted by Crippen LogP contribution is 2.25. The van der Waals surface area contributed by atoms with Crippen molar-refractivity contribution in [3.05, 3.63) is 23.8 Å². The van der Waals surface area contributed by atoms with Crippen LogP contribution < -0.4 is 11.5 Å². The van der Waals surface area contributed by atoms with Crippen LogP contribution in [-0.2, 0) is 0 Å². The molecule has 82 valence electrons. The lowest BCUT2D eigenvalue weighted by Crippen LogP contribution is -2.12. The number of rotatable bonds is 5. The molecule has 0 atom stereocenters. The summed E-state index contributed by atoms with van der Waals surface area (Å²) in [5.41, 5.74) is 12.0. The first-order chi connectivity index (χ1) is 7.15. The highest BCUT2D eigenvalue weighted by molar-refractivity contribution is 7.99. The van der Waals surface area contributed by atoms with Gasteiger partial charge in [0.2, 0.25) is 5.91 Å². The summed E-state index contributed by atoms with van der Waals surface area (Å²) in [6.45, 7) is 2.14. The minimum atomic E-state index is -0.415. The van der Waals surface area contributed by atoms with Crippen LogP contribution in [0.5, 0.6) is 0 Å². The second-order valence-corrected chi connectivity index (χ2v) is 4.46. The molecule has 0 aliphatic carbocycles. The molecule has 4 N–H and O–H groups in total. The number of anilines is 1. The highest BCUT2D eigenvalue weighted by Gasteiger charge is 2.08. The molecular formula is C11H16N2OS. The molecule has 0 aliphatic heterocycles. The SMILES string of the molecule is CCCCSc1ccc(N)cc1C(N)=O. The average molecular weight is 224 g/mol. The van der Waals surface area contributed by atoms with E-state index in [2.05, 4.69) is 6.92 Å². The zero-order valence-electron chi connectivity index (χ0n) is 8.82. The molecule has 4 heteroatoms. The van der Waals surface area contributed by atoms with Gasteiger partial charge < -0.3 is 11.5 Å². The van der Waals surface area contributed by atoms with Gasteiger partial charge in [0.15, 0.2) is 0 Å². The summed E-state index contributed by atoms with van der Waals surface area (Å²) in [6, 6.07) is 5.28. The maximum absolute atomic E-state index is 11.2. The quantitative estimate of drug-likeness (QED) is 0.458. The molecule has 0 radical (unpaired) electrons. The Labute approximate surface area is 94.2 Å². The third-order valence-corrected chi connectivity index (χ3v) is 3.18.